The van der Waals surface area contributed by atoms with Crippen molar-refractivity contribution in [2.24, 2.45) is 0 Å². The van der Waals surface area contributed by atoms with E-state index in [0.29, 0.717) is 6.61 Å². The molecule has 0 aromatic heterocycles. The number of rotatable bonds is 9. The van der Waals surface area contributed by atoms with E-state index in [4.69, 9.17) is 4.74 Å². The van der Waals surface area contributed by atoms with Crippen LogP contribution in [0.1, 0.15) is 6.92 Å². The van der Waals surface area contributed by atoms with Crippen molar-refractivity contribution >= 4 is 46.2 Å². The fraction of sp³-hybridized carbons (Fsp3) is 0.321. The molecule has 0 unspecified atom stereocenters. The minimum atomic E-state index is -2.09. The summed E-state index contributed by atoms with van der Waals surface area (Å²) in [5, 5.41) is 3.83. The summed E-state index contributed by atoms with van der Waals surface area (Å²) in [5.41, 5.74) is 3.48. The van der Waals surface area contributed by atoms with Crippen LogP contribution in [0.3, 0.4) is 0 Å². The van der Waals surface area contributed by atoms with Gasteiger partial charge in [-0.1, -0.05) is 0 Å². The van der Waals surface area contributed by atoms with Gasteiger partial charge in [0.15, 0.2) is 0 Å². The second kappa shape index (κ2) is 12.4. The summed E-state index contributed by atoms with van der Waals surface area (Å²) in [6.07, 6.45) is 0.747. The molecule has 188 valence electrons. The monoisotopic (exact) mass is 557 g/mol. The lowest BCUT2D eigenvalue weighted by Gasteiger charge is -2.29. The summed E-state index contributed by atoms with van der Waals surface area (Å²) in [4.78, 5) is 18.0. The average Bonchev–Trinajstić information content (AvgIpc) is 2.82. The third-order valence-electron chi connectivity index (χ3n) is 6.15. The first-order valence-corrected chi connectivity index (χ1v) is 13.5. The predicted octanol–water partition coefficient (Wildman–Crippen LogP) is 0.746. The van der Waals surface area contributed by atoms with Crippen molar-refractivity contribution in [1.29, 1.82) is 0 Å². The van der Waals surface area contributed by atoms with Crippen LogP contribution in [0.2, 0.25) is 0 Å². The van der Waals surface area contributed by atoms with Crippen LogP contribution >= 0.6 is 7.26 Å². The molecule has 0 amide bonds. The Balaban J connectivity index is 0.00000432. The molecule has 5 nitrogen and oxygen atoms in total. The van der Waals surface area contributed by atoms with E-state index in [-0.39, 0.29) is 23.0 Å². The smallest absolute Gasteiger partial charge is 0.302 e. The van der Waals surface area contributed by atoms with Crippen LogP contribution in [0.4, 0.5) is 17.1 Å². The van der Waals surface area contributed by atoms with E-state index >= 15 is 0 Å². The number of benzene rings is 3. The average molecular weight is 559 g/mol. The van der Waals surface area contributed by atoms with Crippen molar-refractivity contribution in [2.45, 2.75) is 6.92 Å². The molecule has 3 aromatic rings. The number of carbonyl (C=O) groups excluding carboxylic acids is 1. The molecule has 3 aromatic carbocycles. The maximum absolute atomic E-state index is 11.7. The first-order valence-electron chi connectivity index (χ1n) is 11.5. The van der Waals surface area contributed by atoms with E-state index in [2.05, 4.69) is 130 Å². The van der Waals surface area contributed by atoms with Gasteiger partial charge in [-0.3, -0.25) is 4.79 Å². The zero-order chi connectivity index (χ0) is 24.9. The molecular weight excluding hydrogens is 521 g/mol. The van der Waals surface area contributed by atoms with Gasteiger partial charge in [0.2, 0.25) is 0 Å². The fourth-order valence-electron chi connectivity index (χ4n) is 4.18. The van der Waals surface area contributed by atoms with E-state index in [0.717, 1.165) is 23.2 Å². The van der Waals surface area contributed by atoms with Gasteiger partial charge in [0, 0.05) is 66.3 Å². The number of hydrogen-bond donors (Lipinski definition) is 0. The summed E-state index contributed by atoms with van der Waals surface area (Å²) in [5.74, 6) is -0.244. The number of ether oxygens (including phenoxy) is 1. The Kier molecular flexibility index (Phi) is 10.2. The lowest BCUT2D eigenvalue weighted by Crippen LogP contribution is -3.00. The molecule has 0 atom stereocenters. The maximum Gasteiger partial charge on any atom is 0.302 e. The highest BCUT2D eigenvalue weighted by Gasteiger charge is 2.45. The molecule has 0 spiro atoms. The molecule has 0 saturated heterocycles. The van der Waals surface area contributed by atoms with Crippen LogP contribution in [0.25, 0.3) is 0 Å². The summed E-state index contributed by atoms with van der Waals surface area (Å²) in [7, 11) is 10.2. The molecule has 0 fully saturated rings. The summed E-state index contributed by atoms with van der Waals surface area (Å²) < 4.78 is 5.51. The van der Waals surface area contributed by atoms with Crippen molar-refractivity contribution in [1.82, 2.24) is 0 Å². The molecule has 0 aliphatic heterocycles. The first-order chi connectivity index (χ1) is 16.1. The Morgan fingerprint density at radius 1 is 0.629 bits per heavy atom. The van der Waals surface area contributed by atoms with Crippen LogP contribution in [0.15, 0.2) is 72.8 Å². The minimum Gasteiger partial charge on any atom is -1.00 e. The van der Waals surface area contributed by atoms with Gasteiger partial charge in [0.05, 0.1) is 0 Å². The molecule has 0 saturated carbocycles. The second-order valence-corrected chi connectivity index (χ2v) is 12.7. The van der Waals surface area contributed by atoms with Gasteiger partial charge < -0.3 is 36.4 Å². The Morgan fingerprint density at radius 3 is 1.14 bits per heavy atom. The van der Waals surface area contributed by atoms with Crippen LogP contribution in [-0.2, 0) is 9.53 Å². The Bertz CT molecular complexity index is 958. The SMILES string of the molecule is CC(=O)OCC[P+](c1ccc(N(C)C)cc1)(c1ccc(N(C)C)cc1)c1ccc(N(C)C)cc1.[Br-]. The van der Waals surface area contributed by atoms with Crippen LogP contribution in [-0.4, -0.2) is 61.0 Å². The first kappa shape index (κ1) is 28.7. The highest BCUT2D eigenvalue weighted by atomic mass is 79.9. The van der Waals surface area contributed by atoms with Gasteiger partial charge in [-0.2, -0.15) is 0 Å². The van der Waals surface area contributed by atoms with Crippen molar-refractivity contribution in [3.8, 4) is 0 Å². The highest BCUT2D eigenvalue weighted by molar-refractivity contribution is 7.95. The zero-order valence-corrected chi connectivity index (χ0v) is 24.3. The van der Waals surface area contributed by atoms with Gasteiger partial charge in [0.25, 0.3) is 0 Å². The standard InChI is InChI=1S/C28H37N3O2P.BrH/c1-22(32)33-20-21-34(26-14-8-23(9-15-26)29(2)3,27-16-10-24(11-17-27)30(4)5)28-18-12-25(13-19-28)31(6)7;/h8-19H,20-21H2,1-7H3;1H/q+1;/p-1. The van der Waals surface area contributed by atoms with Gasteiger partial charge in [-0.15, -0.1) is 0 Å². The Labute approximate surface area is 221 Å². The second-order valence-electron chi connectivity index (χ2n) is 9.11. The largest absolute Gasteiger partial charge is 1.00 e. The van der Waals surface area contributed by atoms with E-state index < -0.39 is 7.26 Å². The zero-order valence-electron chi connectivity index (χ0n) is 21.8. The predicted molar refractivity (Wildman–Crippen MR) is 150 cm³/mol. The molecular formula is C28H37BrN3O2P. The van der Waals surface area contributed by atoms with Gasteiger partial charge in [0.1, 0.15) is 35.9 Å². The Morgan fingerprint density at radius 2 is 0.914 bits per heavy atom. The molecule has 0 radical (unpaired) electrons. The molecule has 0 bridgehead atoms. The number of esters is 1. The topological polar surface area (TPSA) is 36.0 Å². The quantitative estimate of drug-likeness (QED) is 0.286. The molecule has 35 heavy (non-hydrogen) atoms. The van der Waals surface area contributed by atoms with Gasteiger partial charge in [-0.25, -0.2) is 0 Å². The number of nitrogens with zero attached hydrogens (tertiary/aromatic N) is 3. The van der Waals surface area contributed by atoms with E-state index in [1.165, 1.54) is 22.8 Å². The highest BCUT2D eigenvalue weighted by Crippen LogP contribution is 2.55. The normalized spacial score (nSPS) is 10.8. The van der Waals surface area contributed by atoms with E-state index in [9.17, 15) is 4.79 Å². The number of halogens is 1. The lowest BCUT2D eigenvalue weighted by molar-refractivity contribution is -0.140. The maximum atomic E-state index is 11.7. The third kappa shape index (κ3) is 6.56. The minimum absolute atomic E-state index is 0. The summed E-state index contributed by atoms with van der Waals surface area (Å²) in [6, 6.07) is 26.6. The summed E-state index contributed by atoms with van der Waals surface area (Å²) in [6.45, 7) is 1.85. The van der Waals surface area contributed by atoms with Crippen LogP contribution in [0, 0.1) is 0 Å². The Hall–Kier alpha value is -2.56. The molecule has 0 heterocycles. The van der Waals surface area contributed by atoms with Crippen molar-refractivity contribution in [3.05, 3.63) is 72.8 Å². The number of anilines is 3. The van der Waals surface area contributed by atoms with Crippen LogP contribution < -0.4 is 47.6 Å². The van der Waals surface area contributed by atoms with Gasteiger partial charge in [-0.05, 0) is 72.8 Å². The third-order valence-corrected chi connectivity index (χ3v) is 10.5. The molecule has 0 aliphatic rings. The molecule has 7 heteroatoms. The summed E-state index contributed by atoms with van der Waals surface area (Å²) >= 11 is 0. The molecule has 3 rings (SSSR count). The lowest BCUT2D eigenvalue weighted by atomic mass is 10.3. The fourth-order valence-corrected chi connectivity index (χ4v) is 8.18. The van der Waals surface area contributed by atoms with Crippen molar-refractivity contribution in [2.75, 3.05) is 69.8 Å². The van der Waals surface area contributed by atoms with Crippen molar-refractivity contribution < 1.29 is 26.5 Å². The van der Waals surface area contributed by atoms with Gasteiger partial charge >= 0.3 is 5.97 Å². The molecule has 0 aliphatic carbocycles. The van der Waals surface area contributed by atoms with E-state index in [1.807, 2.05) is 0 Å². The molecule has 0 N–H and O–H groups in total. The van der Waals surface area contributed by atoms with Crippen molar-refractivity contribution in [3.63, 3.8) is 0 Å². The van der Waals surface area contributed by atoms with E-state index in [1.54, 1.807) is 0 Å². The van der Waals surface area contributed by atoms with Crippen LogP contribution in [0.5, 0.6) is 0 Å². The number of hydrogen-bond acceptors (Lipinski definition) is 5. The number of carbonyl (C=O) groups is 1.